The smallest absolute Gasteiger partial charge is 0.265 e. The average molecular weight is 381 g/mol. The van der Waals surface area contributed by atoms with Gasteiger partial charge in [0.15, 0.2) is 6.10 Å². The molecule has 0 saturated carbocycles. The summed E-state index contributed by atoms with van der Waals surface area (Å²) in [5.74, 6) is -0.00973. The number of hydrogen-bond acceptors (Lipinski definition) is 3. The lowest BCUT2D eigenvalue weighted by atomic mass is 10.2. The monoisotopic (exact) mass is 380 g/mol. The molecule has 0 saturated heterocycles. The van der Waals surface area contributed by atoms with Crippen molar-refractivity contribution in [1.29, 1.82) is 0 Å². The minimum Gasteiger partial charge on any atom is -0.479 e. The number of anilines is 2. The van der Waals surface area contributed by atoms with E-state index in [1.165, 1.54) is 11.8 Å². The van der Waals surface area contributed by atoms with Crippen molar-refractivity contribution in [3.05, 3.63) is 52.5 Å². The predicted molar refractivity (Wildman–Crippen MR) is 101 cm³/mol. The molecular weight excluding hydrogens is 363 g/mol. The first-order valence-corrected chi connectivity index (χ1v) is 8.30. The highest BCUT2D eigenvalue weighted by molar-refractivity contribution is 6.35. The van der Waals surface area contributed by atoms with Crippen LogP contribution >= 0.6 is 23.2 Å². The number of halogens is 2. The number of carbonyl (C=O) groups excluding carboxylic acids is 2. The molecule has 7 heteroatoms. The van der Waals surface area contributed by atoms with Gasteiger partial charge in [-0.05, 0) is 49.4 Å². The van der Waals surface area contributed by atoms with E-state index in [0.29, 0.717) is 21.5 Å². The zero-order valence-electron chi connectivity index (χ0n) is 14.0. The van der Waals surface area contributed by atoms with Crippen LogP contribution in [0.1, 0.15) is 13.8 Å². The van der Waals surface area contributed by atoms with Gasteiger partial charge in [-0.2, -0.15) is 0 Å². The van der Waals surface area contributed by atoms with Crippen LogP contribution in [0.15, 0.2) is 42.5 Å². The molecule has 2 aromatic carbocycles. The molecule has 2 rings (SSSR count). The number of carbonyl (C=O) groups is 2. The first kappa shape index (κ1) is 19.1. The predicted octanol–water partition coefficient (Wildman–Crippen LogP) is 4.38. The van der Waals surface area contributed by atoms with Crippen molar-refractivity contribution in [3.63, 3.8) is 0 Å². The zero-order chi connectivity index (χ0) is 18.6. The molecule has 132 valence electrons. The largest absolute Gasteiger partial charge is 0.479 e. The molecule has 0 fully saturated rings. The van der Waals surface area contributed by atoms with Gasteiger partial charge in [-0.1, -0.05) is 23.2 Å². The molecule has 2 aromatic rings. The lowest BCUT2D eigenvalue weighted by molar-refractivity contribution is -0.122. The first-order valence-electron chi connectivity index (χ1n) is 7.55. The molecule has 1 N–H and O–H groups in total. The fourth-order valence-corrected chi connectivity index (χ4v) is 2.46. The molecule has 25 heavy (non-hydrogen) atoms. The maximum Gasteiger partial charge on any atom is 0.265 e. The van der Waals surface area contributed by atoms with Crippen LogP contribution in [0.25, 0.3) is 0 Å². The van der Waals surface area contributed by atoms with Crippen molar-refractivity contribution >= 4 is 46.4 Å². The van der Waals surface area contributed by atoms with E-state index in [1.54, 1.807) is 56.4 Å². The molecule has 0 unspecified atom stereocenters. The van der Waals surface area contributed by atoms with Gasteiger partial charge in [-0.3, -0.25) is 9.59 Å². The maximum atomic E-state index is 12.3. The Kier molecular flexibility index (Phi) is 6.28. The van der Waals surface area contributed by atoms with Crippen LogP contribution in [0, 0.1) is 0 Å². The van der Waals surface area contributed by atoms with Crippen molar-refractivity contribution in [2.45, 2.75) is 20.0 Å². The summed E-state index contributed by atoms with van der Waals surface area (Å²) in [5.41, 5.74) is 1.34. The number of hydrogen-bond donors (Lipinski definition) is 1. The summed E-state index contributed by atoms with van der Waals surface area (Å²) in [5, 5.41) is 3.58. The summed E-state index contributed by atoms with van der Waals surface area (Å²) in [6, 6.07) is 11.7. The molecule has 0 bridgehead atoms. The molecule has 0 spiro atoms. The Morgan fingerprint density at radius 1 is 1.12 bits per heavy atom. The van der Waals surface area contributed by atoms with E-state index in [4.69, 9.17) is 27.9 Å². The standard InChI is InChI=1S/C18H18Cl2N2O3/c1-11(25-17-9-4-13(19)10-16(17)20)18(24)21-14-5-7-15(8-6-14)22(3)12(2)23/h4-11H,1-3H3,(H,21,24)/t11-/m0/s1. The van der Waals surface area contributed by atoms with Crippen molar-refractivity contribution in [2.75, 3.05) is 17.3 Å². The van der Waals surface area contributed by atoms with Crippen LogP contribution < -0.4 is 15.0 Å². The summed E-state index contributed by atoms with van der Waals surface area (Å²) in [7, 11) is 1.68. The third-order valence-corrected chi connectivity index (χ3v) is 4.09. The number of amides is 2. The van der Waals surface area contributed by atoms with Gasteiger partial charge in [-0.25, -0.2) is 0 Å². The highest BCUT2D eigenvalue weighted by atomic mass is 35.5. The Morgan fingerprint density at radius 2 is 1.76 bits per heavy atom. The van der Waals surface area contributed by atoms with Crippen LogP contribution in [0.5, 0.6) is 5.75 Å². The molecule has 0 aliphatic rings. The van der Waals surface area contributed by atoms with Crippen LogP contribution in [0.4, 0.5) is 11.4 Å². The molecule has 0 aliphatic carbocycles. The van der Waals surface area contributed by atoms with Gasteiger partial charge in [0.1, 0.15) is 5.75 Å². The topological polar surface area (TPSA) is 58.6 Å². The summed E-state index contributed by atoms with van der Waals surface area (Å²) >= 11 is 11.9. The summed E-state index contributed by atoms with van der Waals surface area (Å²) < 4.78 is 5.57. The van der Waals surface area contributed by atoms with Gasteiger partial charge < -0.3 is 15.0 Å². The second-order valence-electron chi connectivity index (χ2n) is 5.45. The van der Waals surface area contributed by atoms with E-state index >= 15 is 0 Å². The minimum atomic E-state index is -0.752. The maximum absolute atomic E-state index is 12.3. The Bertz CT molecular complexity index is 778. The Hall–Kier alpha value is -2.24. The second kappa shape index (κ2) is 8.23. The molecule has 0 heterocycles. The van der Waals surface area contributed by atoms with Crippen molar-refractivity contribution < 1.29 is 14.3 Å². The summed E-state index contributed by atoms with van der Waals surface area (Å²) in [6.45, 7) is 3.11. The third-order valence-electron chi connectivity index (χ3n) is 3.56. The summed E-state index contributed by atoms with van der Waals surface area (Å²) in [6.07, 6.45) is -0.752. The van der Waals surface area contributed by atoms with E-state index in [0.717, 1.165) is 5.69 Å². The Morgan fingerprint density at radius 3 is 2.32 bits per heavy atom. The number of nitrogens with zero attached hydrogens (tertiary/aromatic N) is 1. The lowest BCUT2D eigenvalue weighted by Gasteiger charge is -2.17. The van der Waals surface area contributed by atoms with E-state index < -0.39 is 6.10 Å². The highest BCUT2D eigenvalue weighted by Crippen LogP contribution is 2.28. The lowest BCUT2D eigenvalue weighted by Crippen LogP contribution is -2.30. The van der Waals surface area contributed by atoms with Crippen molar-refractivity contribution in [3.8, 4) is 5.75 Å². The number of ether oxygens (including phenoxy) is 1. The summed E-state index contributed by atoms with van der Waals surface area (Å²) in [4.78, 5) is 25.1. The van der Waals surface area contributed by atoms with Gasteiger partial charge in [0.25, 0.3) is 5.91 Å². The molecule has 0 aromatic heterocycles. The SMILES string of the molecule is CC(=O)N(C)c1ccc(NC(=O)[C@H](C)Oc2ccc(Cl)cc2Cl)cc1. The van der Waals surface area contributed by atoms with Crippen molar-refractivity contribution in [2.24, 2.45) is 0 Å². The fraction of sp³-hybridized carbons (Fsp3) is 0.222. The number of rotatable bonds is 5. The molecule has 0 radical (unpaired) electrons. The van der Waals surface area contributed by atoms with Gasteiger partial charge in [0.05, 0.1) is 5.02 Å². The first-order chi connectivity index (χ1) is 11.8. The second-order valence-corrected chi connectivity index (χ2v) is 6.29. The van der Waals surface area contributed by atoms with Gasteiger partial charge in [0, 0.05) is 30.4 Å². The van der Waals surface area contributed by atoms with Crippen LogP contribution in [0.2, 0.25) is 10.0 Å². The van der Waals surface area contributed by atoms with Crippen LogP contribution in [-0.2, 0) is 9.59 Å². The minimum absolute atomic E-state index is 0.0707. The normalized spacial score (nSPS) is 11.6. The molecule has 2 amide bonds. The zero-order valence-corrected chi connectivity index (χ0v) is 15.6. The molecule has 5 nitrogen and oxygen atoms in total. The quantitative estimate of drug-likeness (QED) is 0.836. The van der Waals surface area contributed by atoms with Gasteiger partial charge in [0.2, 0.25) is 5.91 Å². The Labute approximate surface area is 156 Å². The average Bonchev–Trinajstić information content (AvgIpc) is 2.57. The number of nitrogens with one attached hydrogen (secondary N) is 1. The number of benzene rings is 2. The van der Waals surface area contributed by atoms with Gasteiger partial charge >= 0.3 is 0 Å². The van der Waals surface area contributed by atoms with Gasteiger partial charge in [-0.15, -0.1) is 0 Å². The molecule has 0 aliphatic heterocycles. The van der Waals surface area contributed by atoms with E-state index in [9.17, 15) is 9.59 Å². The van der Waals surface area contributed by atoms with E-state index in [1.807, 2.05) is 0 Å². The Balaban J connectivity index is 2.00. The van der Waals surface area contributed by atoms with E-state index in [2.05, 4.69) is 5.32 Å². The third kappa shape index (κ3) is 5.11. The van der Waals surface area contributed by atoms with Crippen LogP contribution in [0.3, 0.4) is 0 Å². The fourth-order valence-electron chi connectivity index (χ4n) is 2.01. The highest BCUT2D eigenvalue weighted by Gasteiger charge is 2.16. The van der Waals surface area contributed by atoms with E-state index in [-0.39, 0.29) is 11.8 Å². The van der Waals surface area contributed by atoms with Crippen LogP contribution in [-0.4, -0.2) is 25.0 Å². The molecule has 1 atom stereocenters. The van der Waals surface area contributed by atoms with Crippen molar-refractivity contribution in [1.82, 2.24) is 0 Å². The molecular formula is C18H18Cl2N2O3.